The average Bonchev–Trinajstić information content (AvgIpc) is 3.09. The number of aryl methyl sites for hydroxylation is 3. The van der Waals surface area contributed by atoms with Crippen molar-refractivity contribution in [2.75, 3.05) is 18.4 Å². The molecule has 0 bridgehead atoms. The number of nitrogens with one attached hydrogen (secondary N) is 1. The van der Waals surface area contributed by atoms with Crippen LogP contribution in [0.3, 0.4) is 0 Å². The molecule has 1 amide bonds. The molecule has 3 rings (SSSR count). The highest BCUT2D eigenvalue weighted by atomic mass is 32.2. The zero-order valence-corrected chi connectivity index (χ0v) is 17.2. The van der Waals surface area contributed by atoms with Gasteiger partial charge in [-0.05, 0) is 33.6 Å². The van der Waals surface area contributed by atoms with E-state index in [1.165, 1.54) is 15.2 Å². The monoisotopic (exact) mass is 394 g/mol. The molecule has 1 atom stereocenters. The van der Waals surface area contributed by atoms with Crippen molar-refractivity contribution >= 4 is 21.6 Å². The van der Waals surface area contributed by atoms with Gasteiger partial charge in [-0.2, -0.15) is 14.5 Å². The van der Waals surface area contributed by atoms with Crippen molar-refractivity contribution < 1.29 is 13.2 Å². The van der Waals surface area contributed by atoms with Gasteiger partial charge in [-0.25, -0.2) is 8.42 Å². The van der Waals surface area contributed by atoms with Gasteiger partial charge in [0.2, 0.25) is 15.9 Å². The molecule has 27 heavy (non-hydrogen) atoms. The van der Waals surface area contributed by atoms with E-state index in [1.54, 1.807) is 18.7 Å². The van der Waals surface area contributed by atoms with E-state index in [0.29, 0.717) is 30.8 Å². The molecule has 1 N–H and O–H groups in total. The lowest BCUT2D eigenvalue weighted by atomic mass is 9.98. The van der Waals surface area contributed by atoms with E-state index in [0.717, 1.165) is 11.4 Å². The highest BCUT2D eigenvalue weighted by Gasteiger charge is 2.35. The maximum Gasteiger partial charge on any atom is 0.246 e. The Bertz CT molecular complexity index is 975. The molecule has 10 heteroatoms. The fourth-order valence-electron chi connectivity index (χ4n) is 3.43. The second-order valence-corrected chi connectivity index (χ2v) is 8.99. The number of carbonyl (C=O) groups excluding carboxylic acids is 1. The van der Waals surface area contributed by atoms with E-state index in [2.05, 4.69) is 15.5 Å². The molecule has 0 saturated carbocycles. The summed E-state index contributed by atoms with van der Waals surface area (Å²) in [6, 6.07) is 0. The zero-order valence-electron chi connectivity index (χ0n) is 16.4. The number of aromatic nitrogens is 4. The minimum Gasteiger partial charge on any atom is -0.323 e. The van der Waals surface area contributed by atoms with E-state index >= 15 is 0 Å². The van der Waals surface area contributed by atoms with Gasteiger partial charge in [-0.3, -0.25) is 14.2 Å². The van der Waals surface area contributed by atoms with Crippen molar-refractivity contribution in [2.24, 2.45) is 20.0 Å². The lowest BCUT2D eigenvalue weighted by molar-refractivity contribution is -0.120. The number of nitrogens with zero attached hydrogens (tertiary/aromatic N) is 5. The van der Waals surface area contributed by atoms with Crippen LogP contribution in [-0.4, -0.2) is 51.3 Å². The summed E-state index contributed by atoms with van der Waals surface area (Å²) in [5.74, 6) is -0.568. The van der Waals surface area contributed by atoms with Gasteiger partial charge >= 0.3 is 0 Å². The number of hydrogen-bond acceptors (Lipinski definition) is 5. The van der Waals surface area contributed by atoms with Crippen LogP contribution < -0.4 is 5.32 Å². The number of anilines is 1. The zero-order chi connectivity index (χ0) is 19.9. The van der Waals surface area contributed by atoms with Crippen molar-refractivity contribution in [3.05, 3.63) is 23.3 Å². The van der Waals surface area contributed by atoms with Gasteiger partial charge in [0, 0.05) is 27.2 Å². The molecule has 2 aromatic heterocycles. The molecule has 0 spiro atoms. The molecule has 0 radical (unpaired) electrons. The van der Waals surface area contributed by atoms with Crippen LogP contribution in [0.25, 0.3) is 0 Å². The third kappa shape index (κ3) is 3.51. The second-order valence-electron chi connectivity index (χ2n) is 7.08. The fourth-order valence-corrected chi connectivity index (χ4v) is 5.13. The van der Waals surface area contributed by atoms with E-state index in [9.17, 15) is 13.2 Å². The van der Waals surface area contributed by atoms with Crippen LogP contribution in [0.4, 0.5) is 5.69 Å². The highest BCUT2D eigenvalue weighted by molar-refractivity contribution is 7.89. The number of piperidine rings is 1. The molecule has 0 aromatic carbocycles. The smallest absolute Gasteiger partial charge is 0.246 e. The van der Waals surface area contributed by atoms with Crippen LogP contribution >= 0.6 is 0 Å². The molecular weight excluding hydrogens is 368 g/mol. The Balaban J connectivity index is 1.77. The minimum atomic E-state index is -3.67. The Hall–Kier alpha value is -2.20. The molecule has 1 saturated heterocycles. The number of carbonyl (C=O) groups is 1. The topological polar surface area (TPSA) is 102 Å². The van der Waals surface area contributed by atoms with E-state index in [-0.39, 0.29) is 17.3 Å². The summed E-state index contributed by atoms with van der Waals surface area (Å²) >= 11 is 0. The molecule has 1 aliphatic rings. The van der Waals surface area contributed by atoms with Crippen LogP contribution in [0.1, 0.15) is 29.9 Å². The lowest BCUT2D eigenvalue weighted by Gasteiger charge is -2.31. The number of amides is 1. The van der Waals surface area contributed by atoms with E-state index in [1.807, 2.05) is 20.9 Å². The predicted octanol–water partition coefficient (Wildman–Crippen LogP) is 1.12. The van der Waals surface area contributed by atoms with Crippen LogP contribution in [0.5, 0.6) is 0 Å². The van der Waals surface area contributed by atoms with Crippen LogP contribution in [0.2, 0.25) is 0 Å². The van der Waals surface area contributed by atoms with Crippen molar-refractivity contribution in [1.29, 1.82) is 0 Å². The summed E-state index contributed by atoms with van der Waals surface area (Å²) in [5.41, 5.74) is 2.90. The summed E-state index contributed by atoms with van der Waals surface area (Å²) in [6.07, 6.45) is 2.67. The second kappa shape index (κ2) is 7.08. The Morgan fingerprint density at radius 1 is 1.19 bits per heavy atom. The fraction of sp³-hybridized carbons (Fsp3) is 0.588. The van der Waals surface area contributed by atoms with E-state index < -0.39 is 15.9 Å². The molecule has 3 heterocycles. The highest BCUT2D eigenvalue weighted by Crippen LogP contribution is 2.27. The van der Waals surface area contributed by atoms with Crippen molar-refractivity contribution in [1.82, 2.24) is 23.9 Å². The van der Waals surface area contributed by atoms with Crippen molar-refractivity contribution in [3.63, 3.8) is 0 Å². The van der Waals surface area contributed by atoms with Crippen LogP contribution in [0, 0.1) is 26.7 Å². The van der Waals surface area contributed by atoms with Gasteiger partial charge in [-0.1, -0.05) is 0 Å². The standard InChI is InChI=1S/C17H26N6O3S/c1-11-16(13(3)22(5)20-11)19-17(24)14-7-6-8-23(10-14)27(25,26)15-9-18-21(4)12(15)2/h9,14H,6-8,10H2,1-5H3,(H,19,24)/t14-/m1/s1. The van der Waals surface area contributed by atoms with Crippen LogP contribution in [-0.2, 0) is 28.9 Å². The number of sulfonamides is 1. The van der Waals surface area contributed by atoms with Gasteiger partial charge in [0.1, 0.15) is 4.90 Å². The first-order valence-electron chi connectivity index (χ1n) is 8.92. The van der Waals surface area contributed by atoms with Gasteiger partial charge in [0.05, 0.1) is 34.9 Å². The van der Waals surface area contributed by atoms with E-state index in [4.69, 9.17) is 0 Å². The normalized spacial score (nSPS) is 18.6. The Morgan fingerprint density at radius 3 is 2.44 bits per heavy atom. The first-order chi connectivity index (χ1) is 12.6. The van der Waals surface area contributed by atoms with Gasteiger partial charge in [0.15, 0.2) is 0 Å². The summed E-state index contributed by atoms with van der Waals surface area (Å²) in [7, 11) is -0.140. The Morgan fingerprint density at radius 2 is 1.89 bits per heavy atom. The molecule has 0 aliphatic carbocycles. The lowest BCUT2D eigenvalue weighted by Crippen LogP contribution is -2.43. The molecule has 2 aromatic rings. The molecule has 148 valence electrons. The summed E-state index contributed by atoms with van der Waals surface area (Å²) in [6.45, 7) is 6.03. The van der Waals surface area contributed by atoms with Crippen LogP contribution in [0.15, 0.2) is 11.1 Å². The van der Waals surface area contributed by atoms with Gasteiger partial charge < -0.3 is 5.32 Å². The Labute approximate surface area is 159 Å². The molecule has 0 unspecified atom stereocenters. The molecular formula is C17H26N6O3S. The third-order valence-corrected chi connectivity index (χ3v) is 7.29. The summed E-state index contributed by atoms with van der Waals surface area (Å²) < 4.78 is 30.6. The SMILES string of the molecule is Cc1nn(C)c(C)c1NC(=O)[C@@H]1CCCN(S(=O)(=O)c2cnn(C)c2C)C1. The Kier molecular flexibility index (Phi) is 5.13. The van der Waals surface area contributed by atoms with Gasteiger partial charge in [-0.15, -0.1) is 0 Å². The third-order valence-electron chi connectivity index (χ3n) is 5.32. The quantitative estimate of drug-likeness (QED) is 0.837. The van der Waals surface area contributed by atoms with Crippen molar-refractivity contribution in [3.8, 4) is 0 Å². The largest absolute Gasteiger partial charge is 0.323 e. The van der Waals surface area contributed by atoms with Crippen molar-refractivity contribution in [2.45, 2.75) is 38.5 Å². The average molecular weight is 395 g/mol. The summed E-state index contributed by atoms with van der Waals surface area (Å²) in [5, 5.41) is 11.3. The molecule has 1 fully saturated rings. The number of rotatable bonds is 4. The summed E-state index contributed by atoms with van der Waals surface area (Å²) in [4.78, 5) is 13.0. The molecule has 1 aliphatic heterocycles. The predicted molar refractivity (Wildman–Crippen MR) is 101 cm³/mol. The maximum atomic E-state index is 13.0. The maximum absolute atomic E-state index is 13.0. The number of hydrogen-bond donors (Lipinski definition) is 1. The van der Waals surface area contributed by atoms with Gasteiger partial charge in [0.25, 0.3) is 0 Å². The molecule has 9 nitrogen and oxygen atoms in total. The minimum absolute atomic E-state index is 0.168. The first-order valence-corrected chi connectivity index (χ1v) is 10.4. The first kappa shape index (κ1) is 19.6.